The summed E-state index contributed by atoms with van der Waals surface area (Å²) >= 11 is 0. The highest BCUT2D eigenvalue weighted by Gasteiger charge is 2.66. The van der Waals surface area contributed by atoms with E-state index in [4.69, 9.17) is 11.1 Å². The number of nitrogens with one attached hydrogen (secondary N) is 1. The Morgan fingerprint density at radius 1 is 1.40 bits per heavy atom. The molecule has 0 saturated heterocycles. The van der Waals surface area contributed by atoms with Crippen molar-refractivity contribution in [2.75, 3.05) is 0 Å². The van der Waals surface area contributed by atoms with Crippen LogP contribution >= 0.6 is 12.4 Å². The van der Waals surface area contributed by atoms with Gasteiger partial charge in [0.15, 0.2) is 0 Å². The van der Waals surface area contributed by atoms with Crippen molar-refractivity contribution in [2.24, 2.45) is 16.6 Å². The van der Waals surface area contributed by atoms with E-state index in [9.17, 15) is 0 Å². The maximum atomic E-state index is 7.25. The molecular formula is C7H13ClN2. The van der Waals surface area contributed by atoms with Crippen molar-refractivity contribution in [1.82, 2.24) is 0 Å². The topological polar surface area (TPSA) is 49.9 Å². The van der Waals surface area contributed by atoms with E-state index < -0.39 is 0 Å². The second-order valence-corrected chi connectivity index (χ2v) is 4.03. The maximum absolute atomic E-state index is 7.25. The Morgan fingerprint density at radius 2 is 1.80 bits per heavy atom. The summed E-state index contributed by atoms with van der Waals surface area (Å²) in [7, 11) is 0. The fourth-order valence-corrected chi connectivity index (χ4v) is 2.58. The first-order valence-electron chi connectivity index (χ1n) is 3.41. The predicted octanol–water partition coefficient (Wildman–Crippen LogP) is 1.53. The molecule has 0 aliphatic heterocycles. The van der Waals surface area contributed by atoms with Gasteiger partial charge in [0.2, 0.25) is 0 Å². The molecule has 2 bridgehead atoms. The molecule has 3 aliphatic rings. The second-order valence-electron chi connectivity index (χ2n) is 4.03. The molecular weight excluding hydrogens is 148 g/mol. The molecule has 0 spiro atoms. The van der Waals surface area contributed by atoms with Crippen molar-refractivity contribution in [1.29, 1.82) is 5.41 Å². The molecule has 0 aromatic heterocycles. The Labute approximate surface area is 67.1 Å². The Kier molecular flexibility index (Phi) is 1.31. The fourth-order valence-electron chi connectivity index (χ4n) is 2.58. The lowest BCUT2D eigenvalue weighted by molar-refractivity contribution is -0.139. The molecule has 0 atom stereocenters. The highest BCUT2D eigenvalue weighted by atomic mass is 35.5. The van der Waals surface area contributed by atoms with Gasteiger partial charge in [-0.2, -0.15) is 0 Å². The standard InChI is InChI=1S/C7H12N2.ClH/c1-6-2-7(3-6,4-6)5(8)9;/h2-4H2,1H3,(H3,8,9);1H. The highest BCUT2D eigenvalue weighted by Crippen LogP contribution is 2.72. The summed E-state index contributed by atoms with van der Waals surface area (Å²) in [6.07, 6.45) is 3.53. The minimum atomic E-state index is 0. The number of hydrogen-bond acceptors (Lipinski definition) is 1. The third kappa shape index (κ3) is 0.628. The predicted molar refractivity (Wildman–Crippen MR) is 43.6 cm³/mol. The monoisotopic (exact) mass is 160 g/mol. The van der Waals surface area contributed by atoms with Crippen molar-refractivity contribution in [3.63, 3.8) is 0 Å². The van der Waals surface area contributed by atoms with E-state index in [1.165, 1.54) is 19.3 Å². The van der Waals surface area contributed by atoms with Gasteiger partial charge in [-0.1, -0.05) is 6.92 Å². The van der Waals surface area contributed by atoms with Crippen LogP contribution in [0.3, 0.4) is 0 Å². The average molecular weight is 161 g/mol. The highest BCUT2D eigenvalue weighted by molar-refractivity contribution is 5.87. The molecule has 0 unspecified atom stereocenters. The molecule has 0 aromatic carbocycles. The number of rotatable bonds is 1. The van der Waals surface area contributed by atoms with Gasteiger partial charge in [0, 0.05) is 5.41 Å². The average Bonchev–Trinajstić information content (AvgIpc) is 1.54. The molecule has 3 aliphatic carbocycles. The first-order chi connectivity index (χ1) is 4.06. The van der Waals surface area contributed by atoms with Crippen LogP contribution in [0.4, 0.5) is 0 Å². The summed E-state index contributed by atoms with van der Waals surface area (Å²) in [6.45, 7) is 2.28. The number of halogens is 1. The van der Waals surface area contributed by atoms with Crippen LogP contribution in [0.2, 0.25) is 0 Å². The van der Waals surface area contributed by atoms with Crippen LogP contribution in [0.15, 0.2) is 0 Å². The van der Waals surface area contributed by atoms with Crippen LogP contribution in [0, 0.1) is 16.2 Å². The molecule has 3 fully saturated rings. The van der Waals surface area contributed by atoms with E-state index >= 15 is 0 Å². The van der Waals surface area contributed by atoms with Crippen LogP contribution in [0.1, 0.15) is 26.2 Å². The van der Waals surface area contributed by atoms with Crippen LogP contribution in [-0.2, 0) is 0 Å². The van der Waals surface area contributed by atoms with Crippen molar-refractivity contribution in [3.05, 3.63) is 0 Å². The fraction of sp³-hybridized carbons (Fsp3) is 0.857. The first-order valence-corrected chi connectivity index (χ1v) is 3.41. The zero-order valence-electron chi connectivity index (χ0n) is 6.11. The van der Waals surface area contributed by atoms with Gasteiger partial charge in [-0.3, -0.25) is 5.41 Å². The number of nitrogens with two attached hydrogens (primary N) is 1. The van der Waals surface area contributed by atoms with Crippen LogP contribution < -0.4 is 5.73 Å². The lowest BCUT2D eigenvalue weighted by atomic mass is 9.35. The molecule has 3 heteroatoms. The van der Waals surface area contributed by atoms with E-state index in [0.717, 1.165) is 0 Å². The Balaban J connectivity index is 0.000000500. The lowest BCUT2D eigenvalue weighted by Gasteiger charge is -2.69. The van der Waals surface area contributed by atoms with Crippen LogP contribution in [0.25, 0.3) is 0 Å². The van der Waals surface area contributed by atoms with Gasteiger partial charge in [0.1, 0.15) is 0 Å². The zero-order valence-corrected chi connectivity index (χ0v) is 6.92. The summed E-state index contributed by atoms with van der Waals surface area (Å²) in [5.41, 5.74) is 6.19. The summed E-state index contributed by atoms with van der Waals surface area (Å²) in [5, 5.41) is 7.25. The van der Waals surface area contributed by atoms with Gasteiger partial charge in [0.05, 0.1) is 5.84 Å². The van der Waals surface area contributed by atoms with Gasteiger partial charge in [-0.25, -0.2) is 0 Å². The summed E-state index contributed by atoms with van der Waals surface area (Å²) in [4.78, 5) is 0. The van der Waals surface area contributed by atoms with E-state index in [-0.39, 0.29) is 17.8 Å². The zero-order chi connectivity index (χ0) is 6.70. The quantitative estimate of drug-likeness (QED) is 0.444. The van der Waals surface area contributed by atoms with E-state index in [0.29, 0.717) is 11.3 Å². The molecule has 58 valence electrons. The SMILES string of the molecule is CC12CC(C(=N)N)(C1)C2.Cl. The van der Waals surface area contributed by atoms with E-state index in [1.807, 2.05) is 0 Å². The molecule has 3 rings (SSSR count). The van der Waals surface area contributed by atoms with E-state index in [2.05, 4.69) is 6.92 Å². The van der Waals surface area contributed by atoms with Crippen LogP contribution in [-0.4, -0.2) is 5.84 Å². The third-order valence-electron chi connectivity index (χ3n) is 2.87. The number of hydrogen-bond donors (Lipinski definition) is 2. The smallest absolute Gasteiger partial charge is 0.0969 e. The van der Waals surface area contributed by atoms with Crippen molar-refractivity contribution >= 4 is 18.2 Å². The lowest BCUT2D eigenvalue weighted by Crippen LogP contribution is -2.65. The summed E-state index contributed by atoms with van der Waals surface area (Å²) in [5.74, 6) is 0.422. The molecule has 0 aromatic rings. The molecule has 3 saturated carbocycles. The minimum absolute atomic E-state index is 0. The van der Waals surface area contributed by atoms with Gasteiger partial charge >= 0.3 is 0 Å². The maximum Gasteiger partial charge on any atom is 0.0969 e. The summed E-state index contributed by atoms with van der Waals surface area (Å²) in [6, 6.07) is 0. The van der Waals surface area contributed by atoms with Gasteiger partial charge in [-0.05, 0) is 24.7 Å². The van der Waals surface area contributed by atoms with Crippen molar-refractivity contribution in [3.8, 4) is 0 Å². The normalized spacial score (nSPS) is 48.1. The number of amidine groups is 1. The first kappa shape index (κ1) is 7.86. The Morgan fingerprint density at radius 3 is 1.90 bits per heavy atom. The second kappa shape index (κ2) is 1.67. The Hall–Kier alpha value is -0.240. The molecule has 0 heterocycles. The third-order valence-corrected chi connectivity index (χ3v) is 2.87. The molecule has 0 amide bonds. The molecule has 2 nitrogen and oxygen atoms in total. The molecule has 10 heavy (non-hydrogen) atoms. The summed E-state index contributed by atoms with van der Waals surface area (Å²) < 4.78 is 0. The molecule has 3 N–H and O–H groups in total. The van der Waals surface area contributed by atoms with Crippen LogP contribution in [0.5, 0.6) is 0 Å². The van der Waals surface area contributed by atoms with E-state index in [1.54, 1.807) is 0 Å². The van der Waals surface area contributed by atoms with Crippen molar-refractivity contribution < 1.29 is 0 Å². The minimum Gasteiger partial charge on any atom is -0.387 e. The van der Waals surface area contributed by atoms with Crippen molar-refractivity contribution in [2.45, 2.75) is 26.2 Å². The Bertz CT molecular complexity index is 168. The largest absolute Gasteiger partial charge is 0.387 e. The van der Waals surface area contributed by atoms with Gasteiger partial charge in [0.25, 0.3) is 0 Å². The van der Waals surface area contributed by atoms with Gasteiger partial charge in [-0.15, -0.1) is 12.4 Å². The molecule has 0 radical (unpaired) electrons. The van der Waals surface area contributed by atoms with Gasteiger partial charge < -0.3 is 5.73 Å².